The molecule has 0 fully saturated rings. The average Bonchev–Trinajstić information content (AvgIpc) is 3.15. The highest BCUT2D eigenvalue weighted by Gasteiger charge is 2.19. The summed E-state index contributed by atoms with van der Waals surface area (Å²) in [6.07, 6.45) is 4.06. The van der Waals surface area contributed by atoms with Crippen LogP contribution >= 0.6 is 0 Å². The maximum atomic E-state index is 11.8. The Kier molecular flexibility index (Phi) is 5.07. The van der Waals surface area contributed by atoms with E-state index in [-0.39, 0.29) is 11.6 Å². The van der Waals surface area contributed by atoms with E-state index in [0.29, 0.717) is 41.5 Å². The van der Waals surface area contributed by atoms with Crippen LogP contribution in [0.5, 0.6) is 11.6 Å². The molecule has 0 aromatic carbocycles. The third-order valence-electron chi connectivity index (χ3n) is 4.36. The molecule has 10 heteroatoms. The number of hydrogen-bond acceptors (Lipinski definition) is 8. The van der Waals surface area contributed by atoms with Crippen molar-refractivity contribution in [2.75, 3.05) is 11.0 Å². The molecule has 0 aliphatic carbocycles. The van der Waals surface area contributed by atoms with E-state index < -0.39 is 10.0 Å². The van der Waals surface area contributed by atoms with Gasteiger partial charge in [0.2, 0.25) is 15.9 Å². The molecule has 9 nitrogen and oxygen atoms in total. The van der Waals surface area contributed by atoms with Crippen LogP contribution in [0.2, 0.25) is 0 Å². The number of hydrogen-bond donors (Lipinski definition) is 1. The molecule has 30 heavy (non-hydrogen) atoms. The normalized spacial score (nSPS) is 12.8. The first kappa shape index (κ1) is 19.8. The van der Waals surface area contributed by atoms with Crippen LogP contribution in [0.25, 0.3) is 11.3 Å². The van der Waals surface area contributed by atoms with Crippen molar-refractivity contribution in [3.63, 3.8) is 0 Å². The van der Waals surface area contributed by atoms with Gasteiger partial charge < -0.3 is 9.47 Å². The second-order valence-corrected chi connectivity index (χ2v) is 8.52. The van der Waals surface area contributed by atoms with Crippen molar-refractivity contribution in [3.8, 4) is 29.0 Å². The minimum absolute atomic E-state index is 0.0593. The molecule has 0 amide bonds. The monoisotopic (exact) mass is 423 g/mol. The van der Waals surface area contributed by atoms with Crippen molar-refractivity contribution in [3.05, 3.63) is 59.2 Å². The van der Waals surface area contributed by atoms with Gasteiger partial charge in [-0.05, 0) is 31.2 Å². The summed E-state index contributed by atoms with van der Waals surface area (Å²) in [5.41, 5.74) is 4.04. The predicted molar refractivity (Wildman–Crippen MR) is 108 cm³/mol. The van der Waals surface area contributed by atoms with Crippen molar-refractivity contribution >= 4 is 15.7 Å². The molecule has 0 atom stereocenters. The van der Waals surface area contributed by atoms with E-state index in [2.05, 4.69) is 19.7 Å². The van der Waals surface area contributed by atoms with Gasteiger partial charge in [-0.15, -0.1) is 0 Å². The zero-order valence-electron chi connectivity index (χ0n) is 16.2. The standard InChI is InChI=1S/C20H17N5O4S/c1-12-19(6-15-10-28-11-18(15)23-12)29-20-17(25-30(2,26)27)4-3-16(24-20)14-5-13(7-21)8-22-9-14/h3-6,8-9,25H,10-11H2,1-2H3. The molecule has 1 N–H and O–H groups in total. The molecule has 0 radical (unpaired) electrons. The Morgan fingerprint density at radius 2 is 2.03 bits per heavy atom. The maximum absolute atomic E-state index is 11.8. The zero-order valence-corrected chi connectivity index (χ0v) is 17.0. The second-order valence-electron chi connectivity index (χ2n) is 6.77. The van der Waals surface area contributed by atoms with Gasteiger partial charge >= 0.3 is 0 Å². The minimum atomic E-state index is -3.56. The average molecular weight is 423 g/mol. The van der Waals surface area contributed by atoms with Crippen LogP contribution in [0, 0.1) is 18.3 Å². The Labute approximate surface area is 173 Å². The quantitative estimate of drug-likeness (QED) is 0.664. The third kappa shape index (κ3) is 4.22. The number of pyridine rings is 3. The van der Waals surface area contributed by atoms with E-state index in [1.165, 1.54) is 6.20 Å². The summed E-state index contributed by atoms with van der Waals surface area (Å²) in [6, 6.07) is 8.67. The van der Waals surface area contributed by atoms with E-state index in [1.54, 1.807) is 31.3 Å². The Morgan fingerprint density at radius 1 is 1.20 bits per heavy atom. The van der Waals surface area contributed by atoms with Gasteiger partial charge in [0.25, 0.3) is 0 Å². The number of nitrogens with one attached hydrogen (secondary N) is 1. The van der Waals surface area contributed by atoms with Crippen LogP contribution in [0.3, 0.4) is 0 Å². The van der Waals surface area contributed by atoms with E-state index >= 15 is 0 Å². The summed E-state index contributed by atoms with van der Waals surface area (Å²) in [5.74, 6) is 0.508. The molecular weight excluding hydrogens is 406 g/mol. The molecular formula is C20H17N5O4S. The van der Waals surface area contributed by atoms with Gasteiger partial charge in [-0.2, -0.15) is 5.26 Å². The smallest absolute Gasteiger partial charge is 0.244 e. The minimum Gasteiger partial charge on any atom is -0.435 e. The lowest BCUT2D eigenvalue weighted by molar-refractivity contribution is 0.133. The second kappa shape index (κ2) is 7.70. The molecule has 3 aromatic rings. The lowest BCUT2D eigenvalue weighted by Crippen LogP contribution is -2.11. The molecule has 3 aromatic heterocycles. The van der Waals surface area contributed by atoms with Crippen LogP contribution in [-0.4, -0.2) is 29.6 Å². The first-order valence-electron chi connectivity index (χ1n) is 8.92. The lowest BCUT2D eigenvalue weighted by Gasteiger charge is -2.14. The molecule has 4 rings (SSSR count). The van der Waals surface area contributed by atoms with Crippen molar-refractivity contribution < 1.29 is 17.9 Å². The number of aromatic nitrogens is 3. The fraction of sp³-hybridized carbons (Fsp3) is 0.200. The largest absolute Gasteiger partial charge is 0.435 e. The fourth-order valence-corrected chi connectivity index (χ4v) is 3.54. The number of ether oxygens (including phenoxy) is 2. The van der Waals surface area contributed by atoms with E-state index in [0.717, 1.165) is 17.5 Å². The van der Waals surface area contributed by atoms with Gasteiger partial charge in [-0.3, -0.25) is 14.7 Å². The molecule has 4 heterocycles. The molecule has 1 aliphatic rings. The molecule has 0 saturated heterocycles. The van der Waals surface area contributed by atoms with Gasteiger partial charge in [0, 0.05) is 23.5 Å². The molecule has 152 valence electrons. The van der Waals surface area contributed by atoms with E-state index in [9.17, 15) is 8.42 Å². The highest BCUT2D eigenvalue weighted by Crippen LogP contribution is 2.34. The first-order valence-corrected chi connectivity index (χ1v) is 10.8. The topological polar surface area (TPSA) is 127 Å². The first-order chi connectivity index (χ1) is 14.3. The van der Waals surface area contributed by atoms with E-state index in [4.69, 9.17) is 14.7 Å². The lowest BCUT2D eigenvalue weighted by atomic mass is 10.1. The van der Waals surface area contributed by atoms with Crippen molar-refractivity contribution in [1.82, 2.24) is 15.0 Å². The Bertz CT molecular complexity index is 1280. The Morgan fingerprint density at radius 3 is 2.80 bits per heavy atom. The van der Waals surface area contributed by atoms with Crippen LogP contribution in [-0.2, 0) is 28.0 Å². The number of nitrogens with zero attached hydrogens (tertiary/aromatic N) is 4. The number of aryl methyl sites for hydroxylation is 1. The summed E-state index contributed by atoms with van der Waals surface area (Å²) in [4.78, 5) is 13.0. The van der Waals surface area contributed by atoms with Gasteiger partial charge in [0.05, 0.1) is 42.1 Å². The Hall–Kier alpha value is -3.55. The summed E-state index contributed by atoms with van der Waals surface area (Å²) >= 11 is 0. The SMILES string of the molecule is Cc1nc2c(cc1Oc1nc(-c3cncc(C#N)c3)ccc1NS(C)(=O)=O)COC2. The van der Waals surface area contributed by atoms with Gasteiger partial charge in [-0.25, -0.2) is 13.4 Å². The van der Waals surface area contributed by atoms with Crippen LogP contribution < -0.4 is 9.46 Å². The molecule has 1 aliphatic heterocycles. The number of sulfonamides is 1. The fourth-order valence-electron chi connectivity index (χ4n) is 2.99. The maximum Gasteiger partial charge on any atom is 0.244 e. The van der Waals surface area contributed by atoms with Crippen LogP contribution in [0.15, 0.2) is 36.7 Å². The molecule has 0 unspecified atom stereocenters. The number of fused-ring (bicyclic) bond motifs is 1. The van der Waals surface area contributed by atoms with Crippen molar-refractivity contribution in [2.24, 2.45) is 0 Å². The number of anilines is 1. The third-order valence-corrected chi connectivity index (χ3v) is 4.95. The van der Waals surface area contributed by atoms with E-state index in [1.807, 2.05) is 12.1 Å². The molecule has 0 bridgehead atoms. The van der Waals surface area contributed by atoms with Crippen molar-refractivity contribution in [1.29, 1.82) is 5.26 Å². The highest BCUT2D eigenvalue weighted by atomic mass is 32.2. The van der Waals surface area contributed by atoms with Crippen LogP contribution in [0.4, 0.5) is 5.69 Å². The highest BCUT2D eigenvalue weighted by molar-refractivity contribution is 7.92. The number of rotatable bonds is 5. The predicted octanol–water partition coefficient (Wildman–Crippen LogP) is 2.91. The molecule has 0 saturated carbocycles. The van der Waals surface area contributed by atoms with Crippen molar-refractivity contribution in [2.45, 2.75) is 20.1 Å². The molecule has 0 spiro atoms. The van der Waals surface area contributed by atoms with Gasteiger partial charge in [0.15, 0.2) is 5.75 Å². The number of nitriles is 1. The summed E-state index contributed by atoms with van der Waals surface area (Å²) in [6.45, 7) is 2.68. The van der Waals surface area contributed by atoms with Crippen LogP contribution in [0.1, 0.15) is 22.5 Å². The summed E-state index contributed by atoms with van der Waals surface area (Å²) in [7, 11) is -3.56. The van der Waals surface area contributed by atoms with Gasteiger partial charge in [-0.1, -0.05) is 0 Å². The zero-order chi connectivity index (χ0) is 21.3. The summed E-state index contributed by atoms with van der Waals surface area (Å²) < 4.78 is 37.4. The van der Waals surface area contributed by atoms with Gasteiger partial charge in [0.1, 0.15) is 11.8 Å². The Balaban J connectivity index is 1.78. The summed E-state index contributed by atoms with van der Waals surface area (Å²) in [5, 5.41) is 9.11.